The molecule has 0 saturated carbocycles. The van der Waals surface area contributed by atoms with Crippen LogP contribution >= 0.6 is 0 Å². The number of hydrogen-bond acceptors (Lipinski definition) is 5. The van der Waals surface area contributed by atoms with Crippen LogP contribution in [0.25, 0.3) is 6.08 Å². The average Bonchev–Trinajstić information content (AvgIpc) is 2.91. The number of nitrogens with zero attached hydrogens (tertiary/aromatic N) is 1. The molecule has 2 aromatic rings. The number of amides is 1. The molecule has 0 aromatic heterocycles. The van der Waals surface area contributed by atoms with Crippen LogP contribution in [-0.4, -0.2) is 37.2 Å². The van der Waals surface area contributed by atoms with Gasteiger partial charge in [0.05, 0.1) is 13.2 Å². The van der Waals surface area contributed by atoms with Gasteiger partial charge in [0.2, 0.25) is 0 Å². The number of benzene rings is 2. The lowest BCUT2D eigenvalue weighted by atomic mass is 10.1. The first-order valence-electron chi connectivity index (χ1n) is 10.2. The van der Waals surface area contributed by atoms with Crippen molar-refractivity contribution in [3.8, 4) is 11.5 Å². The molecule has 0 N–H and O–H groups in total. The van der Waals surface area contributed by atoms with E-state index in [9.17, 15) is 9.59 Å². The Morgan fingerprint density at radius 3 is 2.73 bits per heavy atom. The van der Waals surface area contributed by atoms with E-state index in [1.54, 1.807) is 17.9 Å². The van der Waals surface area contributed by atoms with Crippen molar-refractivity contribution in [1.82, 2.24) is 0 Å². The van der Waals surface area contributed by atoms with Gasteiger partial charge in [0, 0.05) is 24.2 Å². The minimum absolute atomic E-state index is 0.0355. The molecule has 0 unspecified atom stereocenters. The number of carbonyl (C=O) groups is 2. The van der Waals surface area contributed by atoms with Gasteiger partial charge in [-0.1, -0.05) is 24.3 Å². The Labute approximate surface area is 176 Å². The minimum Gasteiger partial charge on any atom is -0.490 e. The smallest absolute Gasteiger partial charge is 0.331 e. The lowest BCUT2D eigenvalue weighted by Crippen LogP contribution is -2.43. The van der Waals surface area contributed by atoms with E-state index >= 15 is 0 Å². The summed E-state index contributed by atoms with van der Waals surface area (Å²) in [4.78, 5) is 26.9. The summed E-state index contributed by atoms with van der Waals surface area (Å²) < 4.78 is 16.6. The molecule has 0 spiro atoms. The molecule has 2 aliphatic rings. The van der Waals surface area contributed by atoms with Crippen LogP contribution in [0.2, 0.25) is 0 Å². The number of rotatable bonds is 4. The van der Waals surface area contributed by atoms with E-state index in [0.717, 1.165) is 29.7 Å². The van der Waals surface area contributed by atoms with Crippen molar-refractivity contribution in [2.24, 2.45) is 0 Å². The Morgan fingerprint density at radius 2 is 1.90 bits per heavy atom. The second-order valence-electron chi connectivity index (χ2n) is 7.56. The predicted molar refractivity (Wildman–Crippen MR) is 114 cm³/mol. The van der Waals surface area contributed by atoms with Crippen molar-refractivity contribution in [1.29, 1.82) is 0 Å². The highest BCUT2D eigenvalue weighted by atomic mass is 16.5. The van der Waals surface area contributed by atoms with Crippen molar-refractivity contribution < 1.29 is 23.8 Å². The van der Waals surface area contributed by atoms with Gasteiger partial charge in [-0.3, -0.25) is 4.79 Å². The number of hydrogen-bond donors (Lipinski definition) is 0. The Morgan fingerprint density at radius 1 is 1.13 bits per heavy atom. The van der Waals surface area contributed by atoms with Crippen molar-refractivity contribution >= 4 is 23.6 Å². The molecule has 0 radical (unpaired) electrons. The summed E-state index contributed by atoms with van der Waals surface area (Å²) in [6, 6.07) is 13.3. The first-order valence-corrected chi connectivity index (χ1v) is 10.2. The van der Waals surface area contributed by atoms with E-state index in [2.05, 4.69) is 0 Å². The number of fused-ring (bicyclic) bond motifs is 2. The fraction of sp³-hybridized carbons (Fsp3) is 0.333. The van der Waals surface area contributed by atoms with Crippen LogP contribution in [-0.2, 0) is 20.7 Å². The summed E-state index contributed by atoms with van der Waals surface area (Å²) in [6.45, 7) is 4.83. The topological polar surface area (TPSA) is 65.1 Å². The molecule has 2 heterocycles. The van der Waals surface area contributed by atoms with Crippen LogP contribution in [0.1, 0.15) is 31.4 Å². The normalized spacial score (nSPS) is 18.6. The third-order valence-electron chi connectivity index (χ3n) is 5.27. The lowest BCUT2D eigenvalue weighted by molar-refractivity contribution is -0.149. The molecule has 0 bridgehead atoms. The summed E-state index contributed by atoms with van der Waals surface area (Å²) in [5.74, 6) is 0.576. The van der Waals surface area contributed by atoms with Crippen LogP contribution < -0.4 is 14.4 Å². The molecule has 0 fully saturated rings. The summed E-state index contributed by atoms with van der Waals surface area (Å²) in [5, 5.41) is 0. The maximum atomic E-state index is 12.9. The first kappa shape index (κ1) is 20.0. The molecule has 1 amide bonds. The first-order chi connectivity index (χ1) is 14.5. The van der Waals surface area contributed by atoms with Crippen LogP contribution in [0.4, 0.5) is 5.69 Å². The largest absolute Gasteiger partial charge is 0.490 e. The highest BCUT2D eigenvalue weighted by Crippen LogP contribution is 2.33. The third kappa shape index (κ3) is 4.17. The average molecular weight is 407 g/mol. The second kappa shape index (κ2) is 8.61. The highest BCUT2D eigenvalue weighted by molar-refractivity contribution is 6.00. The van der Waals surface area contributed by atoms with Gasteiger partial charge in [-0.25, -0.2) is 4.79 Å². The van der Waals surface area contributed by atoms with Gasteiger partial charge in [-0.15, -0.1) is 0 Å². The van der Waals surface area contributed by atoms with Crippen LogP contribution in [0.15, 0.2) is 48.5 Å². The van der Waals surface area contributed by atoms with E-state index < -0.39 is 12.1 Å². The number of anilines is 1. The monoisotopic (exact) mass is 407 g/mol. The van der Waals surface area contributed by atoms with Crippen molar-refractivity contribution in [2.75, 3.05) is 18.1 Å². The molecule has 30 heavy (non-hydrogen) atoms. The van der Waals surface area contributed by atoms with Gasteiger partial charge < -0.3 is 19.1 Å². The summed E-state index contributed by atoms with van der Waals surface area (Å²) in [7, 11) is 0. The fourth-order valence-corrected chi connectivity index (χ4v) is 3.81. The SMILES string of the molecule is C[C@@H]1Cc2ccccc2N1C(=O)[C@@H](C)OC(=O)/C=C/c1ccc2c(c1)OCCCO2. The van der Waals surface area contributed by atoms with E-state index in [1.807, 2.05) is 49.4 Å². The van der Waals surface area contributed by atoms with Crippen LogP contribution in [0, 0.1) is 0 Å². The minimum atomic E-state index is -0.875. The van der Waals surface area contributed by atoms with Crippen molar-refractivity contribution in [3.05, 3.63) is 59.7 Å². The predicted octanol–water partition coefficient (Wildman–Crippen LogP) is 3.77. The second-order valence-corrected chi connectivity index (χ2v) is 7.56. The Bertz CT molecular complexity index is 983. The third-order valence-corrected chi connectivity index (χ3v) is 5.27. The Kier molecular flexibility index (Phi) is 5.74. The van der Waals surface area contributed by atoms with Gasteiger partial charge in [0.25, 0.3) is 5.91 Å². The van der Waals surface area contributed by atoms with Crippen molar-refractivity contribution in [2.45, 2.75) is 38.8 Å². The zero-order chi connectivity index (χ0) is 21.1. The molecule has 4 rings (SSSR count). The van der Waals surface area contributed by atoms with Gasteiger partial charge in [0.1, 0.15) is 0 Å². The number of para-hydroxylation sites is 1. The zero-order valence-corrected chi connectivity index (χ0v) is 17.2. The zero-order valence-electron chi connectivity index (χ0n) is 17.2. The number of ether oxygens (including phenoxy) is 3. The molecule has 6 heteroatoms. The van der Waals surface area contributed by atoms with E-state index in [0.29, 0.717) is 24.7 Å². The Balaban J connectivity index is 1.39. The van der Waals surface area contributed by atoms with E-state index in [-0.39, 0.29) is 11.9 Å². The fourth-order valence-electron chi connectivity index (χ4n) is 3.81. The van der Waals surface area contributed by atoms with E-state index in [1.165, 1.54) is 6.08 Å². The number of esters is 1. The molecule has 156 valence electrons. The van der Waals surface area contributed by atoms with Gasteiger partial charge >= 0.3 is 5.97 Å². The standard InChI is InChI=1S/C24H25NO5/c1-16-14-19-6-3-4-7-20(19)25(16)24(27)17(2)30-23(26)11-9-18-8-10-21-22(15-18)29-13-5-12-28-21/h3-4,6-11,15-17H,5,12-14H2,1-2H3/b11-9+/t16-,17-/m1/s1. The molecule has 2 aliphatic heterocycles. The molecule has 2 aromatic carbocycles. The lowest BCUT2D eigenvalue weighted by Gasteiger charge is -2.25. The molecular weight excluding hydrogens is 382 g/mol. The van der Waals surface area contributed by atoms with Crippen LogP contribution in [0.3, 0.4) is 0 Å². The maximum Gasteiger partial charge on any atom is 0.331 e. The molecular formula is C24H25NO5. The van der Waals surface area contributed by atoms with Gasteiger partial charge in [-0.05, 0) is 55.7 Å². The molecule has 0 saturated heterocycles. The molecule has 6 nitrogen and oxygen atoms in total. The number of carbonyl (C=O) groups excluding carboxylic acids is 2. The molecule has 2 atom stereocenters. The maximum absolute atomic E-state index is 12.9. The molecule has 0 aliphatic carbocycles. The van der Waals surface area contributed by atoms with Gasteiger partial charge in [0.15, 0.2) is 17.6 Å². The summed E-state index contributed by atoms with van der Waals surface area (Å²) >= 11 is 0. The van der Waals surface area contributed by atoms with Crippen molar-refractivity contribution in [3.63, 3.8) is 0 Å². The summed E-state index contributed by atoms with van der Waals surface area (Å²) in [6.07, 6.45) is 3.72. The highest BCUT2D eigenvalue weighted by Gasteiger charge is 2.34. The van der Waals surface area contributed by atoms with E-state index in [4.69, 9.17) is 14.2 Å². The van der Waals surface area contributed by atoms with Gasteiger partial charge in [-0.2, -0.15) is 0 Å². The summed E-state index contributed by atoms with van der Waals surface area (Å²) in [5.41, 5.74) is 2.81. The quantitative estimate of drug-likeness (QED) is 0.570. The Hall–Kier alpha value is -3.28. The van der Waals surface area contributed by atoms with Crippen LogP contribution in [0.5, 0.6) is 11.5 Å².